The van der Waals surface area contributed by atoms with Crippen molar-refractivity contribution in [3.8, 4) is 0 Å². The van der Waals surface area contributed by atoms with Gasteiger partial charge in [-0.25, -0.2) is 0 Å². The number of nitrogens with two attached hydrogens (primary N) is 2. The van der Waals surface area contributed by atoms with Gasteiger partial charge in [0, 0.05) is 13.1 Å². The SMILES string of the molecule is CN(C)CCOCCNc1snc(N)c1C(N)=O. The number of ether oxygens (including phenoxy) is 1. The fourth-order valence-corrected chi connectivity index (χ4v) is 1.99. The molecular weight excluding hydrogens is 254 g/mol. The van der Waals surface area contributed by atoms with Gasteiger partial charge in [-0.3, -0.25) is 4.79 Å². The number of likely N-dealkylation sites (N-methyl/N-ethyl adjacent to an activating group) is 1. The van der Waals surface area contributed by atoms with Gasteiger partial charge in [-0.2, -0.15) is 4.37 Å². The zero-order valence-corrected chi connectivity index (χ0v) is 11.4. The maximum atomic E-state index is 11.1. The number of hydrogen-bond donors (Lipinski definition) is 3. The van der Waals surface area contributed by atoms with Crippen LogP contribution >= 0.6 is 11.5 Å². The normalized spacial score (nSPS) is 10.8. The molecule has 0 aliphatic carbocycles. The molecule has 0 atom stereocenters. The molecule has 102 valence electrons. The Labute approximate surface area is 110 Å². The van der Waals surface area contributed by atoms with Crippen LogP contribution in [-0.4, -0.2) is 55.6 Å². The molecule has 1 aromatic heterocycles. The van der Waals surface area contributed by atoms with Crippen molar-refractivity contribution in [2.24, 2.45) is 5.73 Å². The topological polar surface area (TPSA) is 106 Å². The maximum absolute atomic E-state index is 11.1. The predicted octanol–water partition coefficient (Wildman–Crippen LogP) is -0.186. The second kappa shape index (κ2) is 7.14. The number of carbonyl (C=O) groups excluding carboxylic acids is 1. The molecule has 0 spiro atoms. The van der Waals surface area contributed by atoms with E-state index in [1.54, 1.807) is 0 Å². The minimum atomic E-state index is -0.572. The van der Waals surface area contributed by atoms with Crippen molar-refractivity contribution in [3.05, 3.63) is 5.56 Å². The van der Waals surface area contributed by atoms with E-state index in [0.717, 1.165) is 18.1 Å². The summed E-state index contributed by atoms with van der Waals surface area (Å²) >= 11 is 1.12. The quantitative estimate of drug-likeness (QED) is 0.567. The molecule has 1 aromatic rings. The predicted molar refractivity (Wildman–Crippen MR) is 72.9 cm³/mol. The van der Waals surface area contributed by atoms with Crippen molar-refractivity contribution in [1.82, 2.24) is 9.27 Å². The van der Waals surface area contributed by atoms with Crippen LogP contribution in [0.1, 0.15) is 10.4 Å². The molecule has 7 nitrogen and oxygen atoms in total. The fraction of sp³-hybridized carbons (Fsp3) is 0.600. The number of nitrogen functional groups attached to an aromatic ring is 1. The van der Waals surface area contributed by atoms with Crippen molar-refractivity contribution < 1.29 is 9.53 Å². The van der Waals surface area contributed by atoms with Gasteiger partial charge in [0.05, 0.1) is 13.2 Å². The van der Waals surface area contributed by atoms with Crippen molar-refractivity contribution in [1.29, 1.82) is 0 Å². The molecule has 0 unspecified atom stereocenters. The second-order valence-electron chi connectivity index (χ2n) is 3.98. The van der Waals surface area contributed by atoms with E-state index in [-0.39, 0.29) is 11.4 Å². The second-order valence-corrected chi connectivity index (χ2v) is 4.75. The zero-order valence-electron chi connectivity index (χ0n) is 10.6. The van der Waals surface area contributed by atoms with Crippen LogP contribution in [0.25, 0.3) is 0 Å². The van der Waals surface area contributed by atoms with Crippen molar-refractivity contribution in [2.75, 3.05) is 51.4 Å². The highest BCUT2D eigenvalue weighted by Gasteiger charge is 2.15. The number of rotatable bonds is 8. The van der Waals surface area contributed by atoms with Crippen LogP contribution in [0.4, 0.5) is 10.8 Å². The summed E-state index contributed by atoms with van der Waals surface area (Å²) in [5.74, 6) is -0.402. The molecule has 0 saturated carbocycles. The van der Waals surface area contributed by atoms with E-state index in [0.29, 0.717) is 24.8 Å². The lowest BCUT2D eigenvalue weighted by Crippen LogP contribution is -2.20. The van der Waals surface area contributed by atoms with Gasteiger partial charge in [-0.05, 0) is 25.6 Å². The van der Waals surface area contributed by atoms with E-state index < -0.39 is 5.91 Å². The Hall–Kier alpha value is -1.38. The molecule has 1 heterocycles. The molecule has 0 aliphatic rings. The summed E-state index contributed by atoms with van der Waals surface area (Å²) in [6, 6.07) is 0. The first-order valence-corrected chi connectivity index (χ1v) is 6.31. The van der Waals surface area contributed by atoms with Crippen LogP contribution < -0.4 is 16.8 Å². The third-order valence-electron chi connectivity index (χ3n) is 2.18. The minimum Gasteiger partial charge on any atom is -0.382 e. The van der Waals surface area contributed by atoms with E-state index >= 15 is 0 Å². The van der Waals surface area contributed by atoms with Crippen LogP contribution in [0, 0.1) is 0 Å². The highest BCUT2D eigenvalue weighted by Crippen LogP contribution is 2.25. The zero-order chi connectivity index (χ0) is 13.5. The van der Waals surface area contributed by atoms with Gasteiger partial charge in [-0.15, -0.1) is 0 Å². The molecule has 1 amide bonds. The van der Waals surface area contributed by atoms with E-state index in [1.807, 2.05) is 19.0 Å². The lowest BCUT2D eigenvalue weighted by atomic mass is 10.3. The summed E-state index contributed by atoms with van der Waals surface area (Å²) < 4.78 is 9.29. The molecule has 0 bridgehead atoms. The number of primary amides is 1. The van der Waals surface area contributed by atoms with E-state index in [4.69, 9.17) is 16.2 Å². The van der Waals surface area contributed by atoms with Gasteiger partial charge in [0.1, 0.15) is 10.6 Å². The number of hydrogen-bond acceptors (Lipinski definition) is 7. The molecule has 0 saturated heterocycles. The fourth-order valence-electron chi connectivity index (χ4n) is 1.25. The van der Waals surface area contributed by atoms with Gasteiger partial charge < -0.3 is 26.4 Å². The highest BCUT2D eigenvalue weighted by atomic mass is 32.1. The summed E-state index contributed by atoms with van der Waals surface area (Å²) in [6.07, 6.45) is 0. The lowest BCUT2D eigenvalue weighted by Gasteiger charge is -2.10. The smallest absolute Gasteiger partial charge is 0.255 e. The Bertz CT molecular complexity index is 394. The molecule has 0 aromatic carbocycles. The number of nitrogens with one attached hydrogen (secondary N) is 1. The summed E-state index contributed by atoms with van der Waals surface area (Å²) in [4.78, 5) is 13.2. The van der Waals surface area contributed by atoms with Gasteiger partial charge in [-0.1, -0.05) is 0 Å². The Morgan fingerprint density at radius 2 is 2.22 bits per heavy atom. The molecule has 18 heavy (non-hydrogen) atoms. The Morgan fingerprint density at radius 1 is 1.50 bits per heavy atom. The molecular formula is C10H19N5O2S. The van der Waals surface area contributed by atoms with Crippen LogP contribution in [0.2, 0.25) is 0 Å². The summed E-state index contributed by atoms with van der Waals surface area (Å²) in [7, 11) is 3.97. The number of carbonyl (C=O) groups is 1. The standard InChI is InChI=1S/C10H19N5O2S/c1-15(2)4-6-17-5-3-13-10-7(9(12)16)8(11)14-18-10/h13H,3-6H2,1-2H3,(H2,11,14)(H2,12,16). The first kappa shape index (κ1) is 14.7. The van der Waals surface area contributed by atoms with Crippen molar-refractivity contribution in [3.63, 3.8) is 0 Å². The molecule has 5 N–H and O–H groups in total. The number of anilines is 2. The van der Waals surface area contributed by atoms with Gasteiger partial charge >= 0.3 is 0 Å². The third kappa shape index (κ3) is 4.47. The first-order valence-electron chi connectivity index (χ1n) is 5.53. The summed E-state index contributed by atoms with van der Waals surface area (Å²) in [5.41, 5.74) is 11.0. The number of aromatic nitrogens is 1. The third-order valence-corrected chi connectivity index (χ3v) is 3.00. The Morgan fingerprint density at radius 3 is 2.83 bits per heavy atom. The van der Waals surface area contributed by atoms with Crippen LogP contribution in [-0.2, 0) is 4.74 Å². The van der Waals surface area contributed by atoms with E-state index in [1.165, 1.54) is 0 Å². The number of amides is 1. The van der Waals surface area contributed by atoms with Gasteiger partial charge in [0.25, 0.3) is 5.91 Å². The average molecular weight is 273 g/mol. The molecule has 1 rings (SSSR count). The first-order chi connectivity index (χ1) is 8.52. The Kier molecular flexibility index (Phi) is 5.83. The average Bonchev–Trinajstić information content (AvgIpc) is 2.64. The molecule has 0 aliphatic heterocycles. The summed E-state index contributed by atoms with van der Waals surface area (Å²) in [6.45, 7) is 2.67. The molecule has 0 fully saturated rings. The van der Waals surface area contributed by atoms with Gasteiger partial charge in [0.2, 0.25) is 0 Å². The minimum absolute atomic E-state index is 0.170. The highest BCUT2D eigenvalue weighted by molar-refractivity contribution is 7.11. The van der Waals surface area contributed by atoms with E-state index in [9.17, 15) is 4.79 Å². The molecule has 0 radical (unpaired) electrons. The molecule has 8 heteroatoms. The maximum Gasteiger partial charge on any atom is 0.255 e. The number of nitrogens with zero attached hydrogens (tertiary/aromatic N) is 2. The largest absolute Gasteiger partial charge is 0.382 e. The van der Waals surface area contributed by atoms with Crippen LogP contribution in [0.15, 0.2) is 0 Å². The van der Waals surface area contributed by atoms with E-state index in [2.05, 4.69) is 9.69 Å². The monoisotopic (exact) mass is 273 g/mol. The van der Waals surface area contributed by atoms with Crippen LogP contribution in [0.3, 0.4) is 0 Å². The van der Waals surface area contributed by atoms with Crippen LogP contribution in [0.5, 0.6) is 0 Å². The van der Waals surface area contributed by atoms with Crippen molar-refractivity contribution in [2.45, 2.75) is 0 Å². The van der Waals surface area contributed by atoms with Crippen molar-refractivity contribution >= 4 is 28.3 Å². The summed E-state index contributed by atoms with van der Waals surface area (Å²) in [5, 5.41) is 3.63. The Balaban J connectivity index is 2.29. The lowest BCUT2D eigenvalue weighted by molar-refractivity contribution is 0.100. The van der Waals surface area contributed by atoms with Gasteiger partial charge in [0.15, 0.2) is 5.82 Å².